The monoisotopic (exact) mass is 414 g/mol. The summed E-state index contributed by atoms with van der Waals surface area (Å²) < 4.78 is 4.03. The summed E-state index contributed by atoms with van der Waals surface area (Å²) in [5.41, 5.74) is 5.36. The van der Waals surface area contributed by atoms with Gasteiger partial charge < -0.3 is 10.2 Å². The van der Waals surface area contributed by atoms with Crippen molar-refractivity contribution in [3.05, 3.63) is 61.1 Å². The third-order valence-corrected chi connectivity index (χ3v) is 6.16. The highest BCUT2D eigenvalue weighted by molar-refractivity contribution is 5.78. The van der Waals surface area contributed by atoms with Crippen LogP contribution in [-0.4, -0.2) is 45.2 Å². The fraction of sp³-hybridized carbons (Fsp3) is 0.292. The minimum atomic E-state index is 0.0998. The van der Waals surface area contributed by atoms with Crippen LogP contribution in [0.2, 0.25) is 0 Å². The van der Waals surface area contributed by atoms with Gasteiger partial charge >= 0.3 is 0 Å². The van der Waals surface area contributed by atoms with E-state index in [0.717, 1.165) is 59.8 Å². The van der Waals surface area contributed by atoms with Gasteiger partial charge in [-0.05, 0) is 30.5 Å². The minimum Gasteiger partial charge on any atom is -0.359 e. The van der Waals surface area contributed by atoms with Crippen LogP contribution in [0.4, 0.5) is 5.82 Å². The maximum atomic E-state index is 12.0. The first-order chi connectivity index (χ1) is 15.1. The van der Waals surface area contributed by atoms with E-state index in [1.807, 2.05) is 36.4 Å². The van der Waals surface area contributed by atoms with Crippen molar-refractivity contribution in [2.24, 2.45) is 13.0 Å². The van der Waals surface area contributed by atoms with E-state index in [0.29, 0.717) is 0 Å². The molecule has 7 nitrogen and oxygen atoms in total. The average molecular weight is 415 g/mol. The van der Waals surface area contributed by atoms with E-state index in [9.17, 15) is 4.79 Å². The molecule has 1 aromatic carbocycles. The first-order valence-corrected chi connectivity index (χ1v) is 10.7. The number of nitrogens with zero attached hydrogens (tertiary/aromatic N) is 5. The van der Waals surface area contributed by atoms with Crippen molar-refractivity contribution < 1.29 is 4.79 Å². The molecule has 4 heterocycles. The summed E-state index contributed by atoms with van der Waals surface area (Å²) in [6.45, 7) is 1.71. The van der Waals surface area contributed by atoms with Crippen molar-refractivity contribution in [1.29, 1.82) is 0 Å². The van der Waals surface area contributed by atoms with Crippen LogP contribution in [0, 0.1) is 5.92 Å². The fourth-order valence-corrected chi connectivity index (χ4v) is 4.45. The Morgan fingerprint density at radius 2 is 1.74 bits per heavy atom. The molecular weight excluding hydrogens is 388 g/mol. The maximum Gasteiger partial charge on any atom is 0.222 e. The van der Waals surface area contributed by atoms with E-state index in [-0.39, 0.29) is 11.8 Å². The van der Waals surface area contributed by atoms with Crippen LogP contribution in [0.1, 0.15) is 12.8 Å². The minimum absolute atomic E-state index is 0.0998. The first kappa shape index (κ1) is 19.4. The summed E-state index contributed by atoms with van der Waals surface area (Å²) in [6.07, 6.45) is 7.56. The molecule has 1 aliphatic rings. The number of carbonyl (C=O) groups excluding carboxylic acids is 1. The molecule has 1 amide bonds. The molecule has 0 radical (unpaired) electrons. The van der Waals surface area contributed by atoms with Crippen molar-refractivity contribution in [3.63, 3.8) is 0 Å². The molecule has 0 aliphatic carbocycles. The number of carbonyl (C=O) groups is 1. The predicted molar refractivity (Wildman–Crippen MR) is 122 cm³/mol. The Kier molecular flexibility index (Phi) is 4.94. The first-order valence-electron chi connectivity index (χ1n) is 10.7. The third-order valence-electron chi connectivity index (χ3n) is 6.16. The standard InChI is InChI=1S/C24H26N6O/c1-25-24(31)19-10-12-29(13-11-19)23-5-3-4-22-26-15-21(30(22)23)18-8-6-17(7-9-18)20-14-27-28(2)16-20/h3-9,14-16,19H,10-13H2,1-2H3,(H,25,31). The Bertz CT molecular complexity index is 1210. The van der Waals surface area contributed by atoms with Gasteiger partial charge in [0.1, 0.15) is 11.5 Å². The van der Waals surface area contributed by atoms with Gasteiger partial charge in [0.25, 0.3) is 0 Å². The highest BCUT2D eigenvalue weighted by Crippen LogP contribution is 2.30. The van der Waals surface area contributed by atoms with Gasteiger partial charge in [0.2, 0.25) is 5.91 Å². The van der Waals surface area contributed by atoms with Gasteiger partial charge in [-0.2, -0.15) is 5.10 Å². The Hall–Kier alpha value is -3.61. The molecule has 0 atom stereocenters. The lowest BCUT2D eigenvalue weighted by molar-refractivity contribution is -0.125. The SMILES string of the molecule is CNC(=O)C1CCN(c2cccc3ncc(-c4ccc(-c5cnn(C)c5)cc4)n23)CC1. The number of amides is 1. The molecule has 1 aliphatic heterocycles. The van der Waals surface area contributed by atoms with Gasteiger partial charge in [0.05, 0.1) is 18.1 Å². The molecule has 31 heavy (non-hydrogen) atoms. The molecule has 1 fully saturated rings. The van der Waals surface area contributed by atoms with Crippen LogP contribution in [0.5, 0.6) is 0 Å². The van der Waals surface area contributed by atoms with Crippen molar-refractivity contribution in [1.82, 2.24) is 24.5 Å². The van der Waals surface area contributed by atoms with Crippen LogP contribution < -0.4 is 10.2 Å². The van der Waals surface area contributed by atoms with Gasteiger partial charge in [0.15, 0.2) is 0 Å². The van der Waals surface area contributed by atoms with E-state index >= 15 is 0 Å². The quantitative estimate of drug-likeness (QED) is 0.556. The Labute approximate surface area is 181 Å². The number of rotatable bonds is 4. The zero-order valence-corrected chi connectivity index (χ0v) is 17.8. The zero-order valence-electron chi connectivity index (χ0n) is 17.8. The number of hydrogen-bond donors (Lipinski definition) is 1. The number of aryl methyl sites for hydroxylation is 1. The predicted octanol–water partition coefficient (Wildman–Crippen LogP) is 3.36. The second-order valence-electron chi connectivity index (χ2n) is 8.08. The van der Waals surface area contributed by atoms with Gasteiger partial charge in [0, 0.05) is 50.4 Å². The number of hydrogen-bond acceptors (Lipinski definition) is 4. The van der Waals surface area contributed by atoms with Crippen LogP contribution in [-0.2, 0) is 11.8 Å². The molecule has 158 valence electrons. The van der Waals surface area contributed by atoms with Crippen LogP contribution in [0.15, 0.2) is 61.1 Å². The summed E-state index contributed by atoms with van der Waals surface area (Å²) in [7, 11) is 3.64. The second-order valence-corrected chi connectivity index (χ2v) is 8.08. The molecule has 3 aromatic heterocycles. The number of imidazole rings is 1. The number of aromatic nitrogens is 4. The molecule has 7 heteroatoms. The lowest BCUT2D eigenvalue weighted by Gasteiger charge is -2.33. The Morgan fingerprint density at radius 1 is 1.00 bits per heavy atom. The van der Waals surface area contributed by atoms with E-state index in [1.54, 1.807) is 7.05 Å². The number of pyridine rings is 1. The van der Waals surface area contributed by atoms with Crippen LogP contribution in [0.25, 0.3) is 28.0 Å². The zero-order chi connectivity index (χ0) is 21.4. The lowest BCUT2D eigenvalue weighted by Crippen LogP contribution is -2.40. The Balaban J connectivity index is 1.46. The molecule has 1 saturated heterocycles. The topological polar surface area (TPSA) is 67.5 Å². The summed E-state index contributed by atoms with van der Waals surface area (Å²) in [4.78, 5) is 19.0. The number of benzene rings is 1. The molecule has 0 spiro atoms. The Morgan fingerprint density at radius 3 is 2.42 bits per heavy atom. The summed E-state index contributed by atoms with van der Waals surface area (Å²) in [6, 6.07) is 14.8. The molecular formula is C24H26N6O. The lowest BCUT2D eigenvalue weighted by atomic mass is 9.96. The summed E-state index contributed by atoms with van der Waals surface area (Å²) in [5.74, 6) is 1.37. The fourth-order valence-electron chi connectivity index (χ4n) is 4.45. The highest BCUT2D eigenvalue weighted by Gasteiger charge is 2.25. The highest BCUT2D eigenvalue weighted by atomic mass is 16.1. The van der Waals surface area contributed by atoms with E-state index in [1.165, 1.54) is 0 Å². The maximum absolute atomic E-state index is 12.0. The largest absolute Gasteiger partial charge is 0.359 e. The van der Waals surface area contributed by atoms with Crippen LogP contribution in [0.3, 0.4) is 0 Å². The third kappa shape index (κ3) is 3.56. The number of fused-ring (bicyclic) bond motifs is 1. The van der Waals surface area contributed by atoms with E-state index < -0.39 is 0 Å². The van der Waals surface area contributed by atoms with E-state index in [2.05, 4.69) is 61.1 Å². The summed E-state index contributed by atoms with van der Waals surface area (Å²) in [5, 5.41) is 7.05. The number of nitrogens with one attached hydrogen (secondary N) is 1. The molecule has 0 saturated carbocycles. The summed E-state index contributed by atoms with van der Waals surface area (Å²) >= 11 is 0. The second kappa shape index (κ2) is 7.91. The number of anilines is 1. The van der Waals surface area contributed by atoms with Crippen molar-refractivity contribution >= 4 is 17.4 Å². The van der Waals surface area contributed by atoms with Gasteiger partial charge in [-0.25, -0.2) is 4.98 Å². The molecule has 1 N–H and O–H groups in total. The molecule has 5 rings (SSSR count). The molecule has 4 aromatic rings. The van der Waals surface area contributed by atoms with Gasteiger partial charge in [-0.1, -0.05) is 30.3 Å². The molecule has 0 bridgehead atoms. The van der Waals surface area contributed by atoms with Crippen LogP contribution >= 0.6 is 0 Å². The normalized spacial score (nSPS) is 14.8. The van der Waals surface area contributed by atoms with E-state index in [4.69, 9.17) is 0 Å². The van der Waals surface area contributed by atoms with Crippen molar-refractivity contribution in [3.8, 4) is 22.4 Å². The van der Waals surface area contributed by atoms with Gasteiger partial charge in [-0.15, -0.1) is 0 Å². The average Bonchev–Trinajstić information content (AvgIpc) is 3.45. The van der Waals surface area contributed by atoms with Crippen molar-refractivity contribution in [2.45, 2.75) is 12.8 Å². The van der Waals surface area contributed by atoms with Crippen molar-refractivity contribution in [2.75, 3.05) is 25.0 Å². The molecule has 0 unspecified atom stereocenters. The smallest absolute Gasteiger partial charge is 0.222 e. The van der Waals surface area contributed by atoms with Gasteiger partial charge in [-0.3, -0.25) is 13.9 Å². The number of piperidine rings is 1.